The molecule has 280 valence electrons. The number of para-hydroxylation sites is 3. The molecule has 0 radical (unpaired) electrons. The van der Waals surface area contributed by atoms with Crippen LogP contribution in [0, 0.1) is 0 Å². The maximum atomic E-state index is 2.42. The normalized spacial score (nSPS) is 12.7. The highest BCUT2D eigenvalue weighted by atomic mass is 15.1. The van der Waals surface area contributed by atoms with E-state index in [4.69, 9.17) is 0 Å². The van der Waals surface area contributed by atoms with E-state index in [9.17, 15) is 0 Å². The van der Waals surface area contributed by atoms with Crippen LogP contribution in [0.3, 0.4) is 0 Å². The summed E-state index contributed by atoms with van der Waals surface area (Å²) < 4.78 is 2.37. The lowest BCUT2D eigenvalue weighted by Crippen LogP contribution is -2.16. The summed E-state index contributed by atoms with van der Waals surface area (Å²) in [6, 6.07) is 79.7. The first-order valence-electron chi connectivity index (χ1n) is 20.5. The van der Waals surface area contributed by atoms with Gasteiger partial charge in [0, 0.05) is 38.9 Å². The second-order valence-corrected chi connectivity index (χ2v) is 16.2. The van der Waals surface area contributed by atoms with Crippen molar-refractivity contribution in [1.82, 2.24) is 4.57 Å². The van der Waals surface area contributed by atoms with E-state index in [-0.39, 0.29) is 5.41 Å². The van der Waals surface area contributed by atoms with Crippen LogP contribution in [0.4, 0.5) is 17.1 Å². The fraction of sp³-hybridized carbons (Fsp3) is 0.0526. The molecule has 1 aromatic heterocycles. The van der Waals surface area contributed by atoms with Crippen LogP contribution in [0.5, 0.6) is 0 Å². The molecular weight excluding hydrogens is 713 g/mol. The lowest BCUT2D eigenvalue weighted by molar-refractivity contribution is 0.660. The van der Waals surface area contributed by atoms with Gasteiger partial charge in [-0.2, -0.15) is 0 Å². The SMILES string of the molecule is CC1(C)c2cc(-c3ccc(-c4ccc5c(c4)c4ccccc4n5-c4ccccc4)cc3)ccc2-c2ccc(N(c3ccccc3)c3ccc(-c4ccccc4)cc3)cc21. The van der Waals surface area contributed by atoms with Crippen LogP contribution in [-0.2, 0) is 5.41 Å². The van der Waals surface area contributed by atoms with Gasteiger partial charge in [0.25, 0.3) is 0 Å². The molecule has 10 aromatic rings. The number of benzene rings is 9. The lowest BCUT2D eigenvalue weighted by atomic mass is 9.81. The molecule has 0 amide bonds. The van der Waals surface area contributed by atoms with E-state index in [1.165, 1.54) is 83.1 Å². The maximum absolute atomic E-state index is 2.42. The Kier molecular flexibility index (Phi) is 8.20. The van der Waals surface area contributed by atoms with E-state index in [1.54, 1.807) is 0 Å². The predicted molar refractivity (Wildman–Crippen MR) is 249 cm³/mol. The van der Waals surface area contributed by atoms with E-state index in [0.29, 0.717) is 0 Å². The van der Waals surface area contributed by atoms with Crippen LogP contribution in [0.2, 0.25) is 0 Å². The Labute approximate surface area is 345 Å². The topological polar surface area (TPSA) is 8.17 Å². The van der Waals surface area contributed by atoms with Gasteiger partial charge in [-0.3, -0.25) is 0 Å². The molecule has 9 aromatic carbocycles. The van der Waals surface area contributed by atoms with Crippen molar-refractivity contribution in [3.63, 3.8) is 0 Å². The predicted octanol–water partition coefficient (Wildman–Crippen LogP) is 15.6. The third kappa shape index (κ3) is 5.87. The van der Waals surface area contributed by atoms with E-state index >= 15 is 0 Å². The minimum atomic E-state index is -0.176. The monoisotopic (exact) mass is 754 g/mol. The highest BCUT2D eigenvalue weighted by Gasteiger charge is 2.36. The molecule has 2 nitrogen and oxygen atoms in total. The molecular formula is C57H42N2. The van der Waals surface area contributed by atoms with Crippen molar-refractivity contribution in [1.29, 1.82) is 0 Å². The van der Waals surface area contributed by atoms with Gasteiger partial charge in [0.15, 0.2) is 0 Å². The van der Waals surface area contributed by atoms with Gasteiger partial charge in [0.2, 0.25) is 0 Å². The lowest BCUT2D eigenvalue weighted by Gasteiger charge is -2.28. The van der Waals surface area contributed by atoms with Gasteiger partial charge in [-0.25, -0.2) is 0 Å². The Morgan fingerprint density at radius 2 is 0.797 bits per heavy atom. The van der Waals surface area contributed by atoms with Crippen LogP contribution in [0.1, 0.15) is 25.0 Å². The van der Waals surface area contributed by atoms with Gasteiger partial charge in [0.1, 0.15) is 0 Å². The third-order valence-corrected chi connectivity index (χ3v) is 12.4. The zero-order valence-corrected chi connectivity index (χ0v) is 33.2. The third-order valence-electron chi connectivity index (χ3n) is 12.4. The number of fused-ring (bicyclic) bond motifs is 6. The fourth-order valence-corrected chi connectivity index (χ4v) is 9.36. The number of nitrogens with zero attached hydrogens (tertiary/aromatic N) is 2. The first-order chi connectivity index (χ1) is 29.0. The summed E-state index contributed by atoms with van der Waals surface area (Å²) in [6.07, 6.45) is 0. The Hall–Kier alpha value is -7.42. The Morgan fingerprint density at radius 1 is 0.339 bits per heavy atom. The van der Waals surface area contributed by atoms with Gasteiger partial charge < -0.3 is 9.47 Å². The number of anilines is 3. The summed E-state index contributed by atoms with van der Waals surface area (Å²) in [5.74, 6) is 0. The van der Waals surface area contributed by atoms with Crippen molar-refractivity contribution in [2.45, 2.75) is 19.3 Å². The molecule has 0 saturated heterocycles. The molecule has 1 heterocycles. The van der Waals surface area contributed by atoms with Crippen molar-refractivity contribution in [2.24, 2.45) is 0 Å². The Bertz CT molecular complexity index is 3140. The van der Waals surface area contributed by atoms with Crippen LogP contribution < -0.4 is 4.90 Å². The largest absolute Gasteiger partial charge is 0.310 e. The van der Waals surface area contributed by atoms with E-state index in [1.807, 2.05) is 0 Å². The van der Waals surface area contributed by atoms with Crippen molar-refractivity contribution in [3.05, 3.63) is 230 Å². The summed E-state index contributed by atoms with van der Waals surface area (Å²) in [7, 11) is 0. The number of hydrogen-bond acceptors (Lipinski definition) is 1. The molecule has 0 N–H and O–H groups in total. The minimum absolute atomic E-state index is 0.176. The van der Waals surface area contributed by atoms with Gasteiger partial charge in [-0.1, -0.05) is 159 Å². The van der Waals surface area contributed by atoms with Crippen molar-refractivity contribution in [3.8, 4) is 50.2 Å². The van der Waals surface area contributed by atoms with Crippen LogP contribution in [-0.4, -0.2) is 4.57 Å². The maximum Gasteiger partial charge on any atom is 0.0541 e. The van der Waals surface area contributed by atoms with E-state index in [0.717, 1.165) is 17.1 Å². The van der Waals surface area contributed by atoms with Crippen LogP contribution in [0.25, 0.3) is 72.0 Å². The second-order valence-electron chi connectivity index (χ2n) is 16.2. The molecule has 2 heteroatoms. The van der Waals surface area contributed by atoms with Crippen molar-refractivity contribution >= 4 is 38.9 Å². The Morgan fingerprint density at radius 3 is 1.51 bits per heavy atom. The molecule has 0 fully saturated rings. The van der Waals surface area contributed by atoms with Crippen molar-refractivity contribution < 1.29 is 0 Å². The molecule has 59 heavy (non-hydrogen) atoms. The minimum Gasteiger partial charge on any atom is -0.310 e. The molecule has 0 atom stereocenters. The van der Waals surface area contributed by atoms with Gasteiger partial charge >= 0.3 is 0 Å². The molecule has 0 saturated carbocycles. The molecule has 0 spiro atoms. The second kappa shape index (κ2) is 13.9. The fourth-order valence-electron chi connectivity index (χ4n) is 9.36. The quantitative estimate of drug-likeness (QED) is 0.157. The molecule has 11 rings (SSSR count). The molecule has 1 aliphatic rings. The van der Waals surface area contributed by atoms with Crippen LogP contribution >= 0.6 is 0 Å². The van der Waals surface area contributed by atoms with Gasteiger partial charge in [-0.05, 0) is 128 Å². The summed E-state index contributed by atoms with van der Waals surface area (Å²) in [5.41, 5.74) is 19.5. The summed E-state index contributed by atoms with van der Waals surface area (Å²) >= 11 is 0. The number of rotatable bonds is 7. The van der Waals surface area contributed by atoms with Gasteiger partial charge in [-0.15, -0.1) is 0 Å². The highest BCUT2D eigenvalue weighted by molar-refractivity contribution is 6.10. The summed E-state index contributed by atoms with van der Waals surface area (Å²) in [5, 5.41) is 2.53. The first kappa shape index (κ1) is 34.8. The molecule has 0 bridgehead atoms. The average molecular weight is 755 g/mol. The number of aromatic nitrogens is 1. The standard InChI is InChI=1S/C57H42N2/c1-57(2)53-37-44(42-24-22-41(23-25-42)43-29-35-56-52(36-43)51-20-12-13-21-55(51)59(56)46-18-10-5-11-19-46)28-33-49(53)50-34-32-48(38-54(50)57)58(45-16-8-4-9-17-45)47-30-26-40(27-31-47)39-14-6-3-7-15-39/h3-38H,1-2H3. The average Bonchev–Trinajstić information content (AvgIpc) is 3.75. The molecule has 1 aliphatic carbocycles. The van der Waals surface area contributed by atoms with Gasteiger partial charge in [0.05, 0.1) is 11.0 Å². The smallest absolute Gasteiger partial charge is 0.0541 e. The summed E-state index contributed by atoms with van der Waals surface area (Å²) in [4.78, 5) is 2.38. The zero-order valence-electron chi connectivity index (χ0n) is 33.2. The Balaban J connectivity index is 0.911. The molecule has 0 aliphatic heterocycles. The molecule has 0 unspecified atom stereocenters. The zero-order chi connectivity index (χ0) is 39.5. The highest BCUT2D eigenvalue weighted by Crippen LogP contribution is 2.51. The number of hydrogen-bond donors (Lipinski definition) is 0. The van der Waals surface area contributed by atoms with Crippen LogP contribution in [0.15, 0.2) is 218 Å². The summed E-state index contributed by atoms with van der Waals surface area (Å²) in [6.45, 7) is 4.75. The van der Waals surface area contributed by atoms with E-state index < -0.39 is 0 Å². The van der Waals surface area contributed by atoms with E-state index in [2.05, 4.69) is 242 Å². The first-order valence-corrected chi connectivity index (χ1v) is 20.5. The van der Waals surface area contributed by atoms with Crippen molar-refractivity contribution in [2.75, 3.05) is 4.90 Å².